The SMILES string of the molecule is CCOP(=O)(OCC)N(C(=O)OC(C)(C)C)C(C)CC. The van der Waals surface area contributed by atoms with Crippen LogP contribution in [0.5, 0.6) is 0 Å². The van der Waals surface area contributed by atoms with E-state index in [-0.39, 0.29) is 19.3 Å². The third kappa shape index (κ3) is 5.81. The molecule has 1 atom stereocenters. The summed E-state index contributed by atoms with van der Waals surface area (Å²) >= 11 is 0. The number of carbonyl (C=O) groups is 1. The molecule has 0 aliphatic carbocycles. The van der Waals surface area contributed by atoms with Crippen molar-refractivity contribution in [1.82, 2.24) is 4.67 Å². The molecule has 0 bridgehead atoms. The summed E-state index contributed by atoms with van der Waals surface area (Å²) in [6.07, 6.45) is -0.0688. The van der Waals surface area contributed by atoms with Crippen molar-refractivity contribution in [2.45, 2.75) is 66.5 Å². The van der Waals surface area contributed by atoms with Crippen LogP contribution in [0.25, 0.3) is 0 Å². The topological polar surface area (TPSA) is 65.1 Å². The van der Waals surface area contributed by atoms with E-state index >= 15 is 0 Å². The monoisotopic (exact) mass is 309 g/mol. The largest absolute Gasteiger partial charge is 0.443 e. The van der Waals surface area contributed by atoms with E-state index in [1.54, 1.807) is 41.5 Å². The molecule has 0 heterocycles. The minimum atomic E-state index is -3.69. The van der Waals surface area contributed by atoms with Gasteiger partial charge in [-0.2, -0.15) is 0 Å². The first-order chi connectivity index (χ1) is 9.11. The molecule has 0 saturated carbocycles. The lowest BCUT2D eigenvalue weighted by Gasteiger charge is -2.35. The van der Waals surface area contributed by atoms with Gasteiger partial charge in [0, 0.05) is 6.04 Å². The Morgan fingerprint density at radius 2 is 1.60 bits per heavy atom. The molecule has 0 rings (SSSR count). The Labute approximate surface area is 122 Å². The summed E-state index contributed by atoms with van der Waals surface area (Å²) in [6, 6.07) is -0.311. The van der Waals surface area contributed by atoms with Crippen LogP contribution in [0, 0.1) is 0 Å². The number of rotatable bonds is 7. The zero-order valence-corrected chi connectivity index (χ0v) is 14.5. The van der Waals surface area contributed by atoms with Crippen molar-refractivity contribution < 1.29 is 23.1 Å². The van der Waals surface area contributed by atoms with Crippen LogP contribution in [0.2, 0.25) is 0 Å². The van der Waals surface area contributed by atoms with Gasteiger partial charge in [-0.05, 0) is 48.0 Å². The summed E-state index contributed by atoms with van der Waals surface area (Å²) in [7, 11) is -3.69. The van der Waals surface area contributed by atoms with Crippen molar-refractivity contribution >= 4 is 13.8 Å². The summed E-state index contributed by atoms with van der Waals surface area (Å²) < 4.78 is 29.7. The number of hydrogen-bond acceptors (Lipinski definition) is 5. The predicted octanol–water partition coefficient (Wildman–Crippen LogP) is 4.20. The molecular formula is C13H28NO5P. The van der Waals surface area contributed by atoms with Gasteiger partial charge < -0.3 is 4.74 Å². The molecule has 0 spiro atoms. The molecule has 7 heteroatoms. The Bertz CT molecular complexity index is 343. The lowest BCUT2D eigenvalue weighted by molar-refractivity contribution is 0.0260. The molecule has 1 amide bonds. The minimum Gasteiger partial charge on any atom is -0.443 e. The Morgan fingerprint density at radius 1 is 1.15 bits per heavy atom. The standard InChI is InChI=1S/C13H28NO5P/c1-8-11(4)14(12(15)19-13(5,6)7)20(16,17-9-2)18-10-3/h11H,8-10H2,1-7H3. The first-order valence-corrected chi connectivity index (χ1v) is 8.52. The van der Waals surface area contributed by atoms with Crippen molar-refractivity contribution in [1.29, 1.82) is 0 Å². The van der Waals surface area contributed by atoms with Crippen molar-refractivity contribution in [3.8, 4) is 0 Å². The third-order valence-electron chi connectivity index (χ3n) is 2.44. The van der Waals surface area contributed by atoms with Crippen molar-refractivity contribution in [2.75, 3.05) is 13.2 Å². The lowest BCUT2D eigenvalue weighted by Crippen LogP contribution is -2.40. The highest BCUT2D eigenvalue weighted by atomic mass is 31.2. The summed E-state index contributed by atoms with van der Waals surface area (Å²) in [6.45, 7) is 12.7. The fraction of sp³-hybridized carbons (Fsp3) is 0.923. The first kappa shape index (κ1) is 19.4. The molecule has 0 radical (unpaired) electrons. The fourth-order valence-electron chi connectivity index (χ4n) is 1.49. The highest BCUT2D eigenvalue weighted by molar-refractivity contribution is 7.52. The Hall–Kier alpha value is -0.580. The first-order valence-electron chi connectivity index (χ1n) is 7.03. The summed E-state index contributed by atoms with van der Waals surface area (Å²) in [4.78, 5) is 12.3. The second-order valence-corrected chi connectivity index (χ2v) is 7.27. The molecule has 0 aliphatic heterocycles. The van der Waals surface area contributed by atoms with E-state index < -0.39 is 19.4 Å². The Morgan fingerprint density at radius 3 is 1.90 bits per heavy atom. The molecule has 6 nitrogen and oxygen atoms in total. The lowest BCUT2D eigenvalue weighted by atomic mass is 10.2. The van der Waals surface area contributed by atoms with E-state index in [1.807, 2.05) is 6.92 Å². The normalized spacial score (nSPS) is 13.9. The number of carbonyl (C=O) groups excluding carboxylic acids is 1. The van der Waals surface area contributed by atoms with E-state index in [2.05, 4.69) is 0 Å². The van der Waals surface area contributed by atoms with Crippen LogP contribution in [0.1, 0.15) is 54.9 Å². The van der Waals surface area contributed by atoms with Crippen LogP contribution in [-0.4, -0.2) is 35.6 Å². The highest BCUT2D eigenvalue weighted by Crippen LogP contribution is 2.54. The van der Waals surface area contributed by atoms with Gasteiger partial charge in [-0.1, -0.05) is 6.92 Å². The van der Waals surface area contributed by atoms with Gasteiger partial charge in [0.15, 0.2) is 0 Å². The highest BCUT2D eigenvalue weighted by Gasteiger charge is 2.42. The van der Waals surface area contributed by atoms with E-state index in [4.69, 9.17) is 13.8 Å². The van der Waals surface area contributed by atoms with Crippen molar-refractivity contribution in [2.24, 2.45) is 0 Å². The minimum absolute atomic E-state index is 0.188. The van der Waals surface area contributed by atoms with Gasteiger partial charge in [-0.15, -0.1) is 0 Å². The van der Waals surface area contributed by atoms with Gasteiger partial charge in [-0.25, -0.2) is 14.0 Å². The molecule has 0 aromatic rings. The Balaban J connectivity index is 5.41. The fourth-order valence-corrected chi connectivity index (χ4v) is 3.35. The maximum absolute atomic E-state index is 12.8. The number of ether oxygens (including phenoxy) is 1. The summed E-state index contributed by atoms with van der Waals surface area (Å²) in [5.41, 5.74) is -0.675. The van der Waals surface area contributed by atoms with E-state index in [0.29, 0.717) is 6.42 Å². The van der Waals surface area contributed by atoms with Gasteiger partial charge in [-0.3, -0.25) is 9.05 Å². The molecule has 0 aliphatic rings. The summed E-state index contributed by atoms with van der Waals surface area (Å²) in [5, 5.41) is 0. The van der Waals surface area contributed by atoms with Gasteiger partial charge in [0.2, 0.25) is 0 Å². The quantitative estimate of drug-likeness (QED) is 0.659. The van der Waals surface area contributed by atoms with Gasteiger partial charge >= 0.3 is 13.8 Å². The second kappa shape index (κ2) is 8.01. The van der Waals surface area contributed by atoms with E-state index in [9.17, 15) is 9.36 Å². The zero-order chi connectivity index (χ0) is 16.0. The van der Waals surface area contributed by atoms with Crippen molar-refractivity contribution in [3.05, 3.63) is 0 Å². The molecule has 120 valence electrons. The maximum Gasteiger partial charge on any atom is 0.440 e. The number of nitrogens with zero attached hydrogens (tertiary/aromatic N) is 1. The number of amides is 1. The van der Waals surface area contributed by atoms with Crippen LogP contribution in [0.15, 0.2) is 0 Å². The molecule has 0 aromatic carbocycles. The van der Waals surface area contributed by atoms with Crippen LogP contribution >= 0.6 is 7.75 Å². The van der Waals surface area contributed by atoms with Crippen LogP contribution in [0.3, 0.4) is 0 Å². The van der Waals surface area contributed by atoms with Crippen molar-refractivity contribution in [3.63, 3.8) is 0 Å². The average Bonchev–Trinajstić information content (AvgIpc) is 2.26. The molecule has 0 aromatic heterocycles. The van der Waals surface area contributed by atoms with Crippen LogP contribution in [-0.2, 0) is 18.3 Å². The molecule has 0 saturated heterocycles. The van der Waals surface area contributed by atoms with Gasteiger partial charge in [0.1, 0.15) is 5.60 Å². The molecule has 20 heavy (non-hydrogen) atoms. The smallest absolute Gasteiger partial charge is 0.440 e. The van der Waals surface area contributed by atoms with Gasteiger partial charge in [0.25, 0.3) is 0 Å². The predicted molar refractivity (Wildman–Crippen MR) is 78.7 cm³/mol. The maximum atomic E-state index is 12.8. The number of hydrogen-bond donors (Lipinski definition) is 0. The van der Waals surface area contributed by atoms with E-state index in [1.165, 1.54) is 0 Å². The molecule has 0 N–H and O–H groups in total. The second-order valence-electron chi connectivity index (χ2n) is 5.39. The molecule has 1 unspecified atom stereocenters. The molecular weight excluding hydrogens is 281 g/mol. The van der Waals surface area contributed by atoms with Crippen LogP contribution in [0.4, 0.5) is 4.79 Å². The zero-order valence-electron chi connectivity index (χ0n) is 13.6. The third-order valence-corrected chi connectivity index (χ3v) is 4.69. The van der Waals surface area contributed by atoms with E-state index in [0.717, 1.165) is 4.67 Å². The van der Waals surface area contributed by atoms with Gasteiger partial charge in [0.05, 0.1) is 13.2 Å². The summed E-state index contributed by atoms with van der Waals surface area (Å²) in [5.74, 6) is 0. The average molecular weight is 309 g/mol. The Kier molecular flexibility index (Phi) is 7.78. The van der Waals surface area contributed by atoms with Crippen LogP contribution < -0.4 is 0 Å². The molecule has 0 fully saturated rings.